The van der Waals surface area contributed by atoms with Gasteiger partial charge in [-0.15, -0.1) is 0 Å². The molecule has 3 aromatic rings. The molecule has 0 saturated carbocycles. The van der Waals surface area contributed by atoms with Gasteiger partial charge in [0.25, 0.3) is 5.91 Å². The number of rotatable bonds is 3. The first kappa shape index (κ1) is 15.2. The summed E-state index contributed by atoms with van der Waals surface area (Å²) in [6.45, 7) is 6.01. The minimum absolute atomic E-state index is 0.119. The highest BCUT2D eigenvalue weighted by Gasteiger charge is 2.12. The number of hydrogen-bond acceptors (Lipinski definition) is 2. The van der Waals surface area contributed by atoms with Crippen molar-refractivity contribution in [1.82, 2.24) is 4.98 Å². The van der Waals surface area contributed by atoms with Gasteiger partial charge in [-0.3, -0.25) is 9.78 Å². The van der Waals surface area contributed by atoms with Crippen LogP contribution in [0.25, 0.3) is 10.9 Å². The standard InChI is InChI=1S/C20H20N2O/c1-4-15-6-5-7-17(11-15)22-20(23)18-12-16-10-13(2)8-9-19(16)21-14(18)3/h5-12H,4H2,1-3H3,(H,22,23). The topological polar surface area (TPSA) is 42.0 Å². The van der Waals surface area contributed by atoms with Crippen molar-refractivity contribution < 1.29 is 4.79 Å². The zero-order valence-electron chi connectivity index (χ0n) is 13.7. The van der Waals surface area contributed by atoms with Gasteiger partial charge < -0.3 is 5.32 Å². The Bertz CT molecular complexity index is 884. The summed E-state index contributed by atoms with van der Waals surface area (Å²) in [5, 5.41) is 3.96. The summed E-state index contributed by atoms with van der Waals surface area (Å²) in [6, 6.07) is 15.9. The number of hydrogen-bond donors (Lipinski definition) is 1. The van der Waals surface area contributed by atoms with Crippen molar-refractivity contribution in [2.45, 2.75) is 27.2 Å². The molecule has 0 aliphatic heterocycles. The summed E-state index contributed by atoms with van der Waals surface area (Å²) in [7, 11) is 0. The predicted molar refractivity (Wildman–Crippen MR) is 95.0 cm³/mol. The highest BCUT2D eigenvalue weighted by atomic mass is 16.1. The number of aromatic nitrogens is 1. The van der Waals surface area contributed by atoms with Crippen LogP contribution < -0.4 is 5.32 Å². The number of nitrogens with zero attached hydrogens (tertiary/aromatic N) is 1. The molecule has 3 rings (SSSR count). The van der Waals surface area contributed by atoms with Crippen LogP contribution in [0, 0.1) is 13.8 Å². The summed E-state index contributed by atoms with van der Waals surface area (Å²) in [5.74, 6) is -0.119. The number of aryl methyl sites for hydroxylation is 3. The Balaban J connectivity index is 1.95. The molecule has 2 aromatic carbocycles. The number of carbonyl (C=O) groups is 1. The van der Waals surface area contributed by atoms with Crippen molar-refractivity contribution in [1.29, 1.82) is 0 Å². The molecule has 1 heterocycles. The van der Waals surface area contributed by atoms with E-state index in [-0.39, 0.29) is 5.91 Å². The Morgan fingerprint density at radius 3 is 2.70 bits per heavy atom. The fourth-order valence-electron chi connectivity index (χ4n) is 2.69. The van der Waals surface area contributed by atoms with E-state index in [0.717, 1.165) is 34.3 Å². The first-order chi connectivity index (χ1) is 11.1. The number of amides is 1. The summed E-state index contributed by atoms with van der Waals surface area (Å²) in [6.07, 6.45) is 0.944. The van der Waals surface area contributed by atoms with Crippen LogP contribution in [0.2, 0.25) is 0 Å². The van der Waals surface area contributed by atoms with Crippen molar-refractivity contribution in [2.75, 3.05) is 5.32 Å². The van der Waals surface area contributed by atoms with Crippen LogP contribution in [-0.4, -0.2) is 10.9 Å². The zero-order chi connectivity index (χ0) is 16.4. The third-order valence-electron chi connectivity index (χ3n) is 4.00. The van der Waals surface area contributed by atoms with Gasteiger partial charge in [-0.25, -0.2) is 0 Å². The SMILES string of the molecule is CCc1cccc(NC(=O)c2cc3cc(C)ccc3nc2C)c1. The minimum atomic E-state index is -0.119. The fourth-order valence-corrected chi connectivity index (χ4v) is 2.69. The van der Waals surface area contributed by atoms with E-state index in [9.17, 15) is 4.79 Å². The summed E-state index contributed by atoms with van der Waals surface area (Å²) in [5.41, 5.74) is 5.45. The quantitative estimate of drug-likeness (QED) is 0.764. The van der Waals surface area contributed by atoms with E-state index in [1.54, 1.807) is 0 Å². The monoisotopic (exact) mass is 304 g/mol. The van der Waals surface area contributed by atoms with Crippen LogP contribution >= 0.6 is 0 Å². The molecule has 3 heteroatoms. The highest BCUT2D eigenvalue weighted by molar-refractivity contribution is 6.06. The van der Waals surface area contributed by atoms with Crippen molar-refractivity contribution in [3.8, 4) is 0 Å². The Kier molecular flexibility index (Phi) is 4.11. The van der Waals surface area contributed by atoms with Gasteiger partial charge in [0, 0.05) is 11.1 Å². The second kappa shape index (κ2) is 6.21. The van der Waals surface area contributed by atoms with Crippen molar-refractivity contribution in [3.05, 3.63) is 70.9 Å². The van der Waals surface area contributed by atoms with Crippen LogP contribution in [-0.2, 0) is 6.42 Å². The molecule has 0 spiro atoms. The van der Waals surface area contributed by atoms with Crippen LogP contribution in [0.5, 0.6) is 0 Å². The van der Waals surface area contributed by atoms with Gasteiger partial charge in [-0.2, -0.15) is 0 Å². The molecule has 0 aliphatic carbocycles. The molecular weight excluding hydrogens is 284 g/mol. The maximum atomic E-state index is 12.6. The van der Waals surface area contributed by atoms with Crippen LogP contribution in [0.1, 0.15) is 34.1 Å². The number of pyridine rings is 1. The zero-order valence-corrected chi connectivity index (χ0v) is 13.7. The molecule has 1 aromatic heterocycles. The average Bonchev–Trinajstić information content (AvgIpc) is 2.54. The third-order valence-corrected chi connectivity index (χ3v) is 4.00. The first-order valence-corrected chi connectivity index (χ1v) is 7.85. The Hall–Kier alpha value is -2.68. The van der Waals surface area contributed by atoms with E-state index in [2.05, 4.69) is 29.4 Å². The predicted octanol–water partition coefficient (Wildman–Crippen LogP) is 4.67. The van der Waals surface area contributed by atoms with Gasteiger partial charge >= 0.3 is 0 Å². The van der Waals surface area contributed by atoms with Crippen LogP contribution in [0.3, 0.4) is 0 Å². The Morgan fingerprint density at radius 2 is 1.91 bits per heavy atom. The fraction of sp³-hybridized carbons (Fsp3) is 0.200. The lowest BCUT2D eigenvalue weighted by atomic mass is 10.1. The lowest BCUT2D eigenvalue weighted by molar-refractivity contribution is 0.102. The maximum absolute atomic E-state index is 12.6. The number of fused-ring (bicyclic) bond motifs is 1. The molecule has 0 fully saturated rings. The van der Waals surface area contributed by atoms with Crippen molar-refractivity contribution in [3.63, 3.8) is 0 Å². The largest absolute Gasteiger partial charge is 0.322 e. The molecule has 0 saturated heterocycles. The molecule has 116 valence electrons. The van der Waals surface area contributed by atoms with E-state index in [0.29, 0.717) is 5.56 Å². The van der Waals surface area contributed by atoms with Crippen LogP contribution in [0.4, 0.5) is 5.69 Å². The van der Waals surface area contributed by atoms with Gasteiger partial charge in [0.05, 0.1) is 16.8 Å². The number of anilines is 1. The Morgan fingerprint density at radius 1 is 1.09 bits per heavy atom. The van der Waals surface area contributed by atoms with E-state index in [4.69, 9.17) is 0 Å². The summed E-state index contributed by atoms with van der Waals surface area (Å²) in [4.78, 5) is 17.2. The molecule has 0 bridgehead atoms. The second-order valence-corrected chi connectivity index (χ2v) is 5.83. The lowest BCUT2D eigenvalue weighted by Crippen LogP contribution is -2.14. The van der Waals surface area contributed by atoms with E-state index in [1.165, 1.54) is 5.56 Å². The van der Waals surface area contributed by atoms with Gasteiger partial charge in [-0.05, 0) is 56.2 Å². The van der Waals surface area contributed by atoms with Crippen molar-refractivity contribution >= 4 is 22.5 Å². The maximum Gasteiger partial charge on any atom is 0.257 e. The van der Waals surface area contributed by atoms with E-state index >= 15 is 0 Å². The molecule has 0 aliphatic rings. The van der Waals surface area contributed by atoms with E-state index < -0.39 is 0 Å². The molecule has 1 N–H and O–H groups in total. The molecular formula is C20H20N2O. The summed E-state index contributed by atoms with van der Waals surface area (Å²) >= 11 is 0. The van der Waals surface area contributed by atoms with E-state index in [1.807, 2.05) is 50.2 Å². The van der Waals surface area contributed by atoms with Gasteiger partial charge in [0.2, 0.25) is 0 Å². The third kappa shape index (κ3) is 3.24. The molecule has 0 atom stereocenters. The van der Waals surface area contributed by atoms with Crippen LogP contribution in [0.15, 0.2) is 48.5 Å². The molecule has 0 radical (unpaired) electrons. The first-order valence-electron chi connectivity index (χ1n) is 7.85. The summed E-state index contributed by atoms with van der Waals surface area (Å²) < 4.78 is 0. The van der Waals surface area contributed by atoms with Gasteiger partial charge in [0.15, 0.2) is 0 Å². The molecule has 3 nitrogen and oxygen atoms in total. The van der Waals surface area contributed by atoms with Gasteiger partial charge in [0.1, 0.15) is 0 Å². The highest BCUT2D eigenvalue weighted by Crippen LogP contribution is 2.20. The van der Waals surface area contributed by atoms with Crippen molar-refractivity contribution in [2.24, 2.45) is 0 Å². The molecule has 0 unspecified atom stereocenters. The minimum Gasteiger partial charge on any atom is -0.322 e. The number of nitrogens with one attached hydrogen (secondary N) is 1. The number of benzene rings is 2. The molecule has 1 amide bonds. The second-order valence-electron chi connectivity index (χ2n) is 5.83. The lowest BCUT2D eigenvalue weighted by Gasteiger charge is -2.10. The average molecular weight is 304 g/mol. The van der Waals surface area contributed by atoms with Gasteiger partial charge in [-0.1, -0.05) is 30.7 Å². The molecule has 23 heavy (non-hydrogen) atoms. The number of carbonyl (C=O) groups excluding carboxylic acids is 1. The smallest absolute Gasteiger partial charge is 0.257 e. The normalized spacial score (nSPS) is 10.7. The Labute approximate surface area is 136 Å².